The second-order valence-electron chi connectivity index (χ2n) is 9.94. The van der Waals surface area contributed by atoms with E-state index in [1.807, 2.05) is 0 Å². The van der Waals surface area contributed by atoms with Gasteiger partial charge < -0.3 is 24.6 Å². The monoisotopic (exact) mass is 469 g/mol. The molecule has 0 bridgehead atoms. The van der Waals surface area contributed by atoms with Gasteiger partial charge >= 0.3 is 0 Å². The summed E-state index contributed by atoms with van der Waals surface area (Å²) in [5.74, 6) is 2.56. The molecule has 3 aliphatic heterocycles. The standard InChI is InChI=1S/C28H38N2O4/c1-5-17-16-30-9-7-19-13-27(33-3)28(34-4)15-22(19)24(30)11-20(17)10-23-21-14-26(32-2)25(31)12-18(21)6-8-29-23/h12-15,17,20,23-24,29,31H,5-11,16H2,1-4H3/t17-,20+,23+,24-/m0/s1/i2D3. The van der Waals surface area contributed by atoms with Crippen molar-refractivity contribution in [1.82, 2.24) is 10.2 Å². The Labute approximate surface area is 207 Å². The minimum atomic E-state index is -2.61. The topological polar surface area (TPSA) is 63.2 Å². The predicted molar refractivity (Wildman–Crippen MR) is 133 cm³/mol. The van der Waals surface area contributed by atoms with Crippen LogP contribution >= 0.6 is 0 Å². The first-order valence-corrected chi connectivity index (χ1v) is 12.5. The first-order valence-electron chi connectivity index (χ1n) is 14.0. The first kappa shape index (κ1) is 19.8. The molecule has 0 radical (unpaired) electrons. The van der Waals surface area contributed by atoms with Crippen molar-refractivity contribution in [1.29, 1.82) is 0 Å². The van der Waals surface area contributed by atoms with Gasteiger partial charge in [0.1, 0.15) is 0 Å². The summed E-state index contributed by atoms with van der Waals surface area (Å²) in [7, 11) is 0.766. The van der Waals surface area contributed by atoms with Crippen molar-refractivity contribution >= 4 is 0 Å². The molecule has 34 heavy (non-hydrogen) atoms. The van der Waals surface area contributed by atoms with E-state index >= 15 is 0 Å². The van der Waals surface area contributed by atoms with E-state index in [1.54, 1.807) is 26.4 Å². The number of fused-ring (bicyclic) bond motifs is 4. The number of rotatable bonds is 6. The van der Waals surface area contributed by atoms with Crippen LogP contribution in [-0.2, 0) is 12.8 Å². The third kappa shape index (κ3) is 4.11. The Morgan fingerprint density at radius 2 is 1.76 bits per heavy atom. The molecule has 1 saturated heterocycles. The SMILES string of the molecule is [2H]C([2H])([2H])Oc1cc2c(cc1O)CCN[C@@H]2C[C@@H]1C[C@H]2c3cc(OC)c(OC)cc3CCN2C[C@@H]1CC. The fraction of sp³-hybridized carbons (Fsp3) is 0.571. The van der Waals surface area contributed by atoms with E-state index in [0.29, 0.717) is 17.9 Å². The van der Waals surface area contributed by atoms with Gasteiger partial charge in [-0.25, -0.2) is 0 Å². The number of piperidine rings is 1. The Bertz CT molecular complexity index is 1140. The number of phenolic OH excluding ortho intramolecular Hbond substituents is 1. The van der Waals surface area contributed by atoms with Crippen molar-refractivity contribution in [3.63, 3.8) is 0 Å². The molecule has 0 amide bonds. The number of benzene rings is 2. The lowest BCUT2D eigenvalue weighted by Crippen LogP contribution is -2.46. The number of nitrogens with zero attached hydrogens (tertiary/aromatic N) is 1. The highest BCUT2D eigenvalue weighted by molar-refractivity contribution is 5.50. The van der Waals surface area contributed by atoms with Gasteiger partial charge in [-0.2, -0.15) is 0 Å². The lowest BCUT2D eigenvalue weighted by molar-refractivity contribution is 0.0434. The normalized spacial score (nSPS) is 27.9. The van der Waals surface area contributed by atoms with Crippen molar-refractivity contribution < 1.29 is 23.4 Å². The number of phenols is 1. The second-order valence-corrected chi connectivity index (χ2v) is 9.94. The fourth-order valence-corrected chi connectivity index (χ4v) is 6.51. The van der Waals surface area contributed by atoms with Crippen molar-refractivity contribution in [2.75, 3.05) is 40.9 Å². The number of ether oxygens (including phenoxy) is 3. The quantitative estimate of drug-likeness (QED) is 0.643. The number of nitrogens with one attached hydrogen (secondary N) is 1. The highest BCUT2D eigenvalue weighted by Crippen LogP contribution is 2.47. The molecule has 4 atom stereocenters. The Morgan fingerprint density at radius 3 is 2.53 bits per heavy atom. The molecule has 5 rings (SSSR count). The molecule has 184 valence electrons. The van der Waals surface area contributed by atoms with Crippen LogP contribution in [-0.4, -0.2) is 50.9 Å². The van der Waals surface area contributed by atoms with Gasteiger partial charge in [-0.15, -0.1) is 0 Å². The highest BCUT2D eigenvalue weighted by atomic mass is 16.5. The van der Waals surface area contributed by atoms with E-state index in [1.165, 1.54) is 11.1 Å². The molecule has 2 aromatic carbocycles. The van der Waals surface area contributed by atoms with E-state index < -0.39 is 7.04 Å². The molecule has 0 aliphatic carbocycles. The van der Waals surface area contributed by atoms with Gasteiger partial charge in [0.05, 0.1) is 25.4 Å². The van der Waals surface area contributed by atoms with Crippen molar-refractivity contribution in [3.05, 3.63) is 46.5 Å². The molecular formula is C28H38N2O4. The van der Waals surface area contributed by atoms with Gasteiger partial charge in [0.25, 0.3) is 0 Å². The molecular weight excluding hydrogens is 428 g/mol. The number of methoxy groups -OCH3 is 3. The zero-order valence-electron chi connectivity index (χ0n) is 23.4. The minimum Gasteiger partial charge on any atom is -0.504 e. The summed E-state index contributed by atoms with van der Waals surface area (Å²) >= 11 is 0. The Kier molecular flexibility index (Phi) is 5.64. The maximum Gasteiger partial charge on any atom is 0.161 e. The zero-order chi connectivity index (χ0) is 26.3. The zero-order valence-corrected chi connectivity index (χ0v) is 20.4. The molecule has 3 heterocycles. The lowest BCUT2D eigenvalue weighted by atomic mass is 9.72. The second kappa shape index (κ2) is 9.67. The van der Waals surface area contributed by atoms with Crippen molar-refractivity contribution in [2.45, 2.75) is 51.1 Å². The summed E-state index contributed by atoms with van der Waals surface area (Å²) in [4.78, 5) is 2.64. The molecule has 0 unspecified atom stereocenters. The summed E-state index contributed by atoms with van der Waals surface area (Å²) in [5.41, 5.74) is 4.79. The number of hydrogen-bond acceptors (Lipinski definition) is 6. The van der Waals surface area contributed by atoms with Crippen LogP contribution in [0.2, 0.25) is 0 Å². The third-order valence-corrected chi connectivity index (χ3v) is 8.33. The predicted octanol–water partition coefficient (Wildman–Crippen LogP) is 4.64. The summed E-state index contributed by atoms with van der Waals surface area (Å²) < 4.78 is 38.8. The molecule has 1 fully saturated rings. The Morgan fingerprint density at radius 1 is 1.00 bits per heavy atom. The smallest absolute Gasteiger partial charge is 0.161 e. The first-order chi connectivity index (χ1) is 17.7. The van der Waals surface area contributed by atoms with Crippen LogP contribution in [0.4, 0.5) is 0 Å². The molecule has 0 aromatic heterocycles. The van der Waals surface area contributed by atoms with Crippen LogP contribution in [0.25, 0.3) is 0 Å². The molecule has 2 N–H and O–H groups in total. The van der Waals surface area contributed by atoms with Gasteiger partial charge in [0.15, 0.2) is 23.0 Å². The van der Waals surface area contributed by atoms with Crippen LogP contribution in [0.1, 0.15) is 64.6 Å². The molecule has 0 spiro atoms. The van der Waals surface area contributed by atoms with Gasteiger partial charge in [0, 0.05) is 25.2 Å². The van der Waals surface area contributed by atoms with E-state index in [9.17, 15) is 5.11 Å². The van der Waals surface area contributed by atoms with Crippen LogP contribution < -0.4 is 19.5 Å². The van der Waals surface area contributed by atoms with E-state index in [-0.39, 0.29) is 17.5 Å². The van der Waals surface area contributed by atoms with Crippen LogP contribution in [0.15, 0.2) is 24.3 Å². The van der Waals surface area contributed by atoms with Crippen molar-refractivity contribution in [2.24, 2.45) is 11.8 Å². The van der Waals surface area contributed by atoms with Gasteiger partial charge in [-0.05, 0) is 90.6 Å². The number of hydrogen-bond donors (Lipinski definition) is 2. The largest absolute Gasteiger partial charge is 0.504 e. The van der Waals surface area contributed by atoms with E-state index in [4.69, 9.17) is 18.3 Å². The average Bonchev–Trinajstić information content (AvgIpc) is 2.87. The molecule has 6 heteroatoms. The van der Waals surface area contributed by atoms with Gasteiger partial charge in [-0.3, -0.25) is 4.90 Å². The summed E-state index contributed by atoms with van der Waals surface area (Å²) in [6.07, 6.45) is 4.94. The summed E-state index contributed by atoms with van der Waals surface area (Å²) in [6.45, 7) is 5.24. The van der Waals surface area contributed by atoms with Crippen LogP contribution in [0, 0.1) is 11.8 Å². The maximum atomic E-state index is 10.4. The van der Waals surface area contributed by atoms with E-state index in [2.05, 4.69) is 29.3 Å². The average molecular weight is 470 g/mol. The van der Waals surface area contributed by atoms with E-state index in [0.717, 1.165) is 74.4 Å². The summed E-state index contributed by atoms with van der Waals surface area (Å²) in [6, 6.07) is 8.16. The highest BCUT2D eigenvalue weighted by Gasteiger charge is 2.40. The number of aromatic hydroxyl groups is 1. The Hall–Kier alpha value is -2.44. The third-order valence-electron chi connectivity index (χ3n) is 8.33. The van der Waals surface area contributed by atoms with Crippen LogP contribution in [0.5, 0.6) is 23.0 Å². The van der Waals surface area contributed by atoms with Gasteiger partial charge in [0.2, 0.25) is 0 Å². The van der Waals surface area contributed by atoms with Crippen molar-refractivity contribution in [3.8, 4) is 23.0 Å². The lowest BCUT2D eigenvalue weighted by Gasteiger charge is -2.48. The molecule has 2 aromatic rings. The molecule has 0 saturated carbocycles. The maximum absolute atomic E-state index is 10.4. The summed E-state index contributed by atoms with van der Waals surface area (Å²) in [5, 5.41) is 14.1. The Balaban J connectivity index is 1.42. The minimum absolute atomic E-state index is 0.0246. The van der Waals surface area contributed by atoms with Gasteiger partial charge in [-0.1, -0.05) is 13.3 Å². The fourth-order valence-electron chi connectivity index (χ4n) is 6.51. The molecule has 6 nitrogen and oxygen atoms in total. The van der Waals surface area contributed by atoms with Crippen LogP contribution in [0.3, 0.4) is 0 Å². The molecule has 3 aliphatic rings.